The van der Waals surface area contributed by atoms with Crippen molar-refractivity contribution in [1.82, 2.24) is 10.6 Å². The van der Waals surface area contributed by atoms with Crippen molar-refractivity contribution in [3.63, 3.8) is 0 Å². The number of carbonyl (C=O) groups excluding carboxylic acids is 2. The summed E-state index contributed by atoms with van der Waals surface area (Å²) >= 11 is 0. The number of benzene rings is 1. The van der Waals surface area contributed by atoms with Crippen LogP contribution < -0.4 is 15.4 Å². The van der Waals surface area contributed by atoms with Gasteiger partial charge in [0.25, 0.3) is 0 Å². The van der Waals surface area contributed by atoms with Crippen LogP contribution in [0.4, 0.5) is 0 Å². The van der Waals surface area contributed by atoms with E-state index in [0.29, 0.717) is 6.54 Å². The van der Waals surface area contributed by atoms with E-state index in [1.807, 2.05) is 12.1 Å². The molecule has 5 heteroatoms. The molecule has 0 spiro atoms. The minimum Gasteiger partial charge on any atom is -0.497 e. The normalized spacial score (nSPS) is 9.39. The molecule has 0 saturated heterocycles. The molecule has 0 aliphatic carbocycles. The fourth-order valence-corrected chi connectivity index (χ4v) is 1.25. The van der Waals surface area contributed by atoms with Gasteiger partial charge >= 0.3 is 11.8 Å². The fraction of sp³-hybridized carbons (Fsp3) is 0.231. The Morgan fingerprint density at radius 1 is 1.22 bits per heavy atom. The summed E-state index contributed by atoms with van der Waals surface area (Å²) in [5, 5.41) is 4.92. The fourth-order valence-electron chi connectivity index (χ4n) is 1.25. The molecule has 0 bridgehead atoms. The molecule has 18 heavy (non-hydrogen) atoms. The first-order valence-electron chi connectivity index (χ1n) is 5.47. The summed E-state index contributed by atoms with van der Waals surface area (Å²) in [5.41, 5.74) is 0.890. The molecule has 1 rings (SSSR count). The lowest BCUT2D eigenvalue weighted by molar-refractivity contribution is -0.139. The van der Waals surface area contributed by atoms with Crippen molar-refractivity contribution in [2.24, 2.45) is 0 Å². The average Bonchev–Trinajstić information content (AvgIpc) is 2.42. The number of carbonyl (C=O) groups is 2. The first-order valence-corrected chi connectivity index (χ1v) is 5.47. The van der Waals surface area contributed by atoms with Gasteiger partial charge in [-0.3, -0.25) is 9.59 Å². The van der Waals surface area contributed by atoms with Crippen LogP contribution in [0.1, 0.15) is 5.56 Å². The summed E-state index contributed by atoms with van der Waals surface area (Å²) in [6.45, 7) is 4.01. The van der Waals surface area contributed by atoms with E-state index in [9.17, 15) is 9.59 Å². The molecule has 96 valence electrons. The third kappa shape index (κ3) is 4.29. The van der Waals surface area contributed by atoms with E-state index >= 15 is 0 Å². The van der Waals surface area contributed by atoms with E-state index in [2.05, 4.69) is 17.2 Å². The summed E-state index contributed by atoms with van der Waals surface area (Å²) in [6, 6.07) is 7.22. The van der Waals surface area contributed by atoms with Crippen molar-refractivity contribution in [1.29, 1.82) is 0 Å². The number of rotatable bonds is 5. The van der Waals surface area contributed by atoms with Crippen molar-refractivity contribution >= 4 is 11.8 Å². The average molecular weight is 248 g/mol. The highest BCUT2D eigenvalue weighted by atomic mass is 16.5. The molecule has 0 saturated carbocycles. The molecule has 0 aliphatic rings. The lowest BCUT2D eigenvalue weighted by Crippen LogP contribution is -2.39. The topological polar surface area (TPSA) is 67.4 Å². The Morgan fingerprint density at radius 2 is 1.83 bits per heavy atom. The zero-order valence-corrected chi connectivity index (χ0v) is 10.2. The van der Waals surface area contributed by atoms with E-state index < -0.39 is 11.8 Å². The molecule has 2 amide bonds. The van der Waals surface area contributed by atoms with Crippen molar-refractivity contribution in [3.8, 4) is 5.75 Å². The van der Waals surface area contributed by atoms with Gasteiger partial charge < -0.3 is 15.4 Å². The largest absolute Gasteiger partial charge is 0.497 e. The number of methoxy groups -OCH3 is 1. The minimum atomic E-state index is -0.664. The molecule has 0 radical (unpaired) electrons. The van der Waals surface area contributed by atoms with Crippen molar-refractivity contribution in [2.75, 3.05) is 13.7 Å². The molecule has 5 nitrogen and oxygen atoms in total. The van der Waals surface area contributed by atoms with Crippen LogP contribution >= 0.6 is 0 Å². The molecule has 0 atom stereocenters. The molecule has 1 aromatic rings. The summed E-state index contributed by atoms with van der Waals surface area (Å²) in [5.74, 6) is -0.579. The SMILES string of the molecule is C=CCNC(=O)C(=O)NCc1ccc(OC)cc1. The molecule has 0 aliphatic heterocycles. The van der Waals surface area contributed by atoms with E-state index in [0.717, 1.165) is 11.3 Å². The monoisotopic (exact) mass is 248 g/mol. The maximum absolute atomic E-state index is 11.4. The van der Waals surface area contributed by atoms with E-state index in [-0.39, 0.29) is 6.54 Å². The van der Waals surface area contributed by atoms with E-state index in [1.165, 1.54) is 6.08 Å². The van der Waals surface area contributed by atoms with Gasteiger partial charge in [-0.15, -0.1) is 6.58 Å². The zero-order chi connectivity index (χ0) is 13.4. The second-order valence-electron chi connectivity index (χ2n) is 3.53. The number of nitrogens with one attached hydrogen (secondary N) is 2. The van der Waals surface area contributed by atoms with E-state index in [1.54, 1.807) is 19.2 Å². The standard InChI is InChI=1S/C13H16N2O3/c1-3-8-14-12(16)13(17)15-9-10-4-6-11(18-2)7-5-10/h3-7H,1,8-9H2,2H3,(H,14,16)(H,15,17). The van der Waals surface area contributed by atoms with Crippen molar-refractivity contribution in [2.45, 2.75) is 6.54 Å². The van der Waals surface area contributed by atoms with Gasteiger partial charge in [-0.2, -0.15) is 0 Å². The van der Waals surface area contributed by atoms with Crippen LogP contribution in [0.5, 0.6) is 5.75 Å². The van der Waals surface area contributed by atoms with Gasteiger partial charge in [-0.25, -0.2) is 0 Å². The highest BCUT2D eigenvalue weighted by molar-refractivity contribution is 6.35. The highest BCUT2D eigenvalue weighted by Gasteiger charge is 2.11. The lowest BCUT2D eigenvalue weighted by Gasteiger charge is -2.06. The van der Waals surface area contributed by atoms with Gasteiger partial charge in [0.2, 0.25) is 0 Å². The lowest BCUT2D eigenvalue weighted by atomic mass is 10.2. The van der Waals surface area contributed by atoms with Crippen LogP contribution in [0.25, 0.3) is 0 Å². The molecular formula is C13H16N2O3. The molecule has 0 aromatic heterocycles. The maximum Gasteiger partial charge on any atom is 0.309 e. The third-order valence-corrected chi connectivity index (χ3v) is 2.23. The molecule has 0 heterocycles. The van der Waals surface area contributed by atoms with Gasteiger partial charge in [0, 0.05) is 13.1 Å². The second-order valence-corrected chi connectivity index (χ2v) is 3.53. The van der Waals surface area contributed by atoms with Crippen molar-refractivity contribution in [3.05, 3.63) is 42.5 Å². The Hall–Kier alpha value is -2.30. The number of ether oxygens (including phenoxy) is 1. The minimum absolute atomic E-state index is 0.273. The van der Waals surface area contributed by atoms with Gasteiger partial charge in [0.15, 0.2) is 0 Å². The van der Waals surface area contributed by atoms with E-state index in [4.69, 9.17) is 4.74 Å². The predicted molar refractivity (Wildman–Crippen MR) is 68.0 cm³/mol. The Morgan fingerprint density at radius 3 is 2.39 bits per heavy atom. The molecule has 0 fully saturated rings. The quantitative estimate of drug-likeness (QED) is 0.592. The highest BCUT2D eigenvalue weighted by Crippen LogP contribution is 2.10. The number of hydrogen-bond donors (Lipinski definition) is 2. The summed E-state index contributed by atoms with van der Waals surface area (Å²) in [7, 11) is 1.58. The van der Waals surface area contributed by atoms with Crippen LogP contribution in [0.2, 0.25) is 0 Å². The van der Waals surface area contributed by atoms with Gasteiger partial charge in [-0.05, 0) is 17.7 Å². The summed E-state index contributed by atoms with van der Waals surface area (Å²) < 4.78 is 5.02. The molecule has 1 aromatic carbocycles. The molecule has 2 N–H and O–H groups in total. The Kier molecular flexibility index (Phi) is 5.44. The van der Waals surface area contributed by atoms with Crippen LogP contribution in [0.3, 0.4) is 0 Å². The third-order valence-electron chi connectivity index (χ3n) is 2.23. The van der Waals surface area contributed by atoms with Crippen LogP contribution in [0.15, 0.2) is 36.9 Å². The maximum atomic E-state index is 11.4. The zero-order valence-electron chi connectivity index (χ0n) is 10.2. The Balaban J connectivity index is 2.41. The Labute approximate surface area is 106 Å². The summed E-state index contributed by atoms with van der Waals surface area (Å²) in [6.07, 6.45) is 1.51. The van der Waals surface area contributed by atoms with Gasteiger partial charge in [0.1, 0.15) is 5.75 Å². The molecule has 0 unspecified atom stereocenters. The Bertz CT molecular complexity index is 426. The number of hydrogen-bond acceptors (Lipinski definition) is 3. The van der Waals surface area contributed by atoms with Crippen LogP contribution in [-0.4, -0.2) is 25.5 Å². The smallest absolute Gasteiger partial charge is 0.309 e. The molecular weight excluding hydrogens is 232 g/mol. The predicted octanol–water partition coefficient (Wildman–Crippen LogP) is 0.614. The van der Waals surface area contributed by atoms with Gasteiger partial charge in [0.05, 0.1) is 7.11 Å². The van der Waals surface area contributed by atoms with Gasteiger partial charge in [-0.1, -0.05) is 18.2 Å². The number of amides is 2. The first kappa shape index (κ1) is 13.8. The van der Waals surface area contributed by atoms with Crippen LogP contribution in [0, 0.1) is 0 Å². The first-order chi connectivity index (χ1) is 8.67. The summed E-state index contributed by atoms with van der Waals surface area (Å²) in [4.78, 5) is 22.6. The van der Waals surface area contributed by atoms with Crippen LogP contribution in [-0.2, 0) is 16.1 Å². The van der Waals surface area contributed by atoms with Crippen molar-refractivity contribution < 1.29 is 14.3 Å². The second kappa shape index (κ2) is 7.11.